The molecular formula is C16H17NO3. The number of aliphatic hydroxyl groups excluding tert-OH is 1. The van der Waals surface area contributed by atoms with Gasteiger partial charge in [0.15, 0.2) is 11.5 Å². The van der Waals surface area contributed by atoms with E-state index in [0.717, 1.165) is 37.4 Å². The van der Waals surface area contributed by atoms with Gasteiger partial charge in [0.2, 0.25) is 6.79 Å². The predicted octanol–water partition coefficient (Wildman–Crippen LogP) is 1.56. The van der Waals surface area contributed by atoms with E-state index in [0.29, 0.717) is 12.8 Å². The molecule has 104 valence electrons. The van der Waals surface area contributed by atoms with E-state index >= 15 is 0 Å². The molecule has 4 atom stereocenters. The number of aliphatic hydroxyl groups is 1. The van der Waals surface area contributed by atoms with Crippen LogP contribution in [0.5, 0.6) is 11.5 Å². The van der Waals surface area contributed by atoms with Gasteiger partial charge >= 0.3 is 0 Å². The molecule has 1 aliphatic carbocycles. The monoisotopic (exact) mass is 271 g/mol. The van der Waals surface area contributed by atoms with Crippen LogP contribution < -0.4 is 9.47 Å². The maximum Gasteiger partial charge on any atom is 0.231 e. The molecule has 1 N–H and O–H groups in total. The lowest BCUT2D eigenvalue weighted by Gasteiger charge is -2.45. The summed E-state index contributed by atoms with van der Waals surface area (Å²) in [6, 6.07) is 4.75. The zero-order valence-corrected chi connectivity index (χ0v) is 11.2. The Hall–Kier alpha value is -1.52. The van der Waals surface area contributed by atoms with E-state index in [9.17, 15) is 5.11 Å². The predicted molar refractivity (Wildman–Crippen MR) is 72.8 cm³/mol. The van der Waals surface area contributed by atoms with Crippen molar-refractivity contribution in [3.63, 3.8) is 0 Å². The third kappa shape index (κ3) is 1.24. The number of benzene rings is 1. The van der Waals surface area contributed by atoms with E-state index in [1.54, 1.807) is 0 Å². The third-order valence-corrected chi connectivity index (χ3v) is 5.40. The summed E-state index contributed by atoms with van der Waals surface area (Å²) in [5.74, 6) is 1.75. The van der Waals surface area contributed by atoms with Crippen LogP contribution in [0.2, 0.25) is 0 Å². The lowest BCUT2D eigenvalue weighted by atomic mass is 9.66. The number of hydrogen-bond donors (Lipinski definition) is 1. The molecule has 4 nitrogen and oxygen atoms in total. The maximum absolute atomic E-state index is 9.95. The molecular weight excluding hydrogens is 254 g/mol. The number of nitrogens with zero attached hydrogens (tertiary/aromatic N) is 1. The zero-order valence-electron chi connectivity index (χ0n) is 11.2. The van der Waals surface area contributed by atoms with Gasteiger partial charge in [-0.25, -0.2) is 0 Å². The van der Waals surface area contributed by atoms with Crippen molar-refractivity contribution >= 4 is 0 Å². The molecule has 3 heterocycles. The minimum atomic E-state index is -0.302. The smallest absolute Gasteiger partial charge is 0.231 e. The largest absolute Gasteiger partial charge is 0.454 e. The van der Waals surface area contributed by atoms with Gasteiger partial charge in [-0.3, -0.25) is 4.90 Å². The molecule has 1 aromatic rings. The summed E-state index contributed by atoms with van der Waals surface area (Å²) >= 11 is 0. The quantitative estimate of drug-likeness (QED) is 0.727. The molecule has 4 aliphatic rings. The van der Waals surface area contributed by atoms with Crippen molar-refractivity contribution < 1.29 is 14.6 Å². The lowest BCUT2D eigenvalue weighted by molar-refractivity contribution is 0.110. The minimum Gasteiger partial charge on any atom is -0.454 e. The Balaban J connectivity index is 1.74. The molecule has 4 heteroatoms. The molecule has 0 amide bonds. The molecule has 1 saturated heterocycles. The highest BCUT2D eigenvalue weighted by molar-refractivity contribution is 5.55. The average molecular weight is 271 g/mol. The molecule has 5 rings (SSSR count). The topological polar surface area (TPSA) is 41.9 Å². The van der Waals surface area contributed by atoms with Gasteiger partial charge in [-0.1, -0.05) is 12.2 Å². The van der Waals surface area contributed by atoms with Crippen LogP contribution in [0.3, 0.4) is 0 Å². The zero-order chi connectivity index (χ0) is 13.3. The molecule has 1 aromatic carbocycles. The van der Waals surface area contributed by atoms with Crippen LogP contribution in [0, 0.1) is 0 Å². The van der Waals surface area contributed by atoms with Crippen LogP contribution in [0.1, 0.15) is 24.0 Å². The molecule has 20 heavy (non-hydrogen) atoms. The molecule has 2 bridgehead atoms. The summed E-state index contributed by atoms with van der Waals surface area (Å²) < 4.78 is 11.1. The Morgan fingerprint density at radius 1 is 1.25 bits per heavy atom. The van der Waals surface area contributed by atoms with Gasteiger partial charge < -0.3 is 14.6 Å². The second-order valence-corrected chi connectivity index (χ2v) is 6.30. The van der Waals surface area contributed by atoms with Crippen LogP contribution in [0.25, 0.3) is 0 Å². The van der Waals surface area contributed by atoms with Crippen LogP contribution >= 0.6 is 0 Å². The van der Waals surface area contributed by atoms with Crippen LogP contribution in [-0.4, -0.2) is 35.5 Å². The van der Waals surface area contributed by atoms with Crippen molar-refractivity contribution in [1.29, 1.82) is 0 Å². The number of fused-ring (bicyclic) bond motifs is 2. The second-order valence-electron chi connectivity index (χ2n) is 6.30. The van der Waals surface area contributed by atoms with E-state index in [4.69, 9.17) is 9.47 Å². The first kappa shape index (κ1) is 11.2. The highest BCUT2D eigenvalue weighted by Gasteiger charge is 2.53. The SMILES string of the molecule is O[C@H]1C=C[C@@]23CCN(Cc4cc5c(cc42)OCO5)[C@H]3C1. The second kappa shape index (κ2) is 3.57. The summed E-state index contributed by atoms with van der Waals surface area (Å²) in [6.07, 6.45) is 5.88. The van der Waals surface area contributed by atoms with Gasteiger partial charge in [0.25, 0.3) is 0 Å². The van der Waals surface area contributed by atoms with Crippen molar-refractivity contribution in [2.45, 2.75) is 36.9 Å². The van der Waals surface area contributed by atoms with Gasteiger partial charge in [-0.2, -0.15) is 0 Å². The van der Waals surface area contributed by atoms with E-state index in [2.05, 4.69) is 23.1 Å². The highest BCUT2D eigenvalue weighted by Crippen LogP contribution is 2.53. The van der Waals surface area contributed by atoms with Gasteiger partial charge in [-0.05, 0) is 36.1 Å². The van der Waals surface area contributed by atoms with Gasteiger partial charge in [0, 0.05) is 24.5 Å². The van der Waals surface area contributed by atoms with Crippen LogP contribution in [0.4, 0.5) is 0 Å². The maximum atomic E-state index is 9.95. The Morgan fingerprint density at radius 2 is 2.10 bits per heavy atom. The number of hydrogen-bond acceptors (Lipinski definition) is 4. The van der Waals surface area contributed by atoms with Crippen molar-refractivity contribution in [3.05, 3.63) is 35.4 Å². The van der Waals surface area contributed by atoms with E-state index < -0.39 is 0 Å². The standard InChI is InChI=1S/C16H17NO3/c18-11-1-2-16-3-4-17(15(16)6-11)8-10-5-13-14(7-12(10)16)20-9-19-13/h1-2,5,7,11,15,18H,3-4,6,8-9H2/t11-,15-,16+/m0/s1. The fraction of sp³-hybridized carbons (Fsp3) is 0.500. The van der Waals surface area contributed by atoms with Crippen molar-refractivity contribution in [2.75, 3.05) is 13.3 Å². The van der Waals surface area contributed by atoms with Crippen molar-refractivity contribution in [2.24, 2.45) is 0 Å². The first-order valence-corrected chi connectivity index (χ1v) is 7.31. The summed E-state index contributed by atoms with van der Waals surface area (Å²) in [5, 5.41) is 9.95. The van der Waals surface area contributed by atoms with Crippen LogP contribution in [0.15, 0.2) is 24.3 Å². The normalized spacial score (nSPS) is 39.5. The fourth-order valence-corrected chi connectivity index (χ4v) is 4.48. The lowest BCUT2D eigenvalue weighted by Crippen LogP contribution is -2.49. The Labute approximate surface area is 117 Å². The van der Waals surface area contributed by atoms with Crippen molar-refractivity contribution in [3.8, 4) is 11.5 Å². The molecule has 0 spiro atoms. The van der Waals surface area contributed by atoms with Gasteiger partial charge in [0.1, 0.15) is 0 Å². The van der Waals surface area contributed by atoms with Gasteiger partial charge in [-0.15, -0.1) is 0 Å². The van der Waals surface area contributed by atoms with E-state index in [1.807, 2.05) is 6.08 Å². The van der Waals surface area contributed by atoms with Gasteiger partial charge in [0.05, 0.1) is 6.10 Å². The summed E-state index contributed by atoms with van der Waals surface area (Å²) in [5.41, 5.74) is 2.79. The Morgan fingerprint density at radius 3 is 3.00 bits per heavy atom. The molecule has 3 aliphatic heterocycles. The molecule has 1 fully saturated rings. The Kier molecular flexibility index (Phi) is 1.99. The van der Waals surface area contributed by atoms with Crippen LogP contribution in [-0.2, 0) is 12.0 Å². The minimum absolute atomic E-state index is 0.0633. The Bertz CT molecular complexity index is 626. The summed E-state index contributed by atoms with van der Waals surface area (Å²) in [4.78, 5) is 2.51. The molecule has 0 saturated carbocycles. The first-order chi connectivity index (χ1) is 9.76. The van der Waals surface area contributed by atoms with Crippen molar-refractivity contribution in [1.82, 2.24) is 4.90 Å². The summed E-state index contributed by atoms with van der Waals surface area (Å²) in [7, 11) is 0. The molecule has 0 radical (unpaired) electrons. The first-order valence-electron chi connectivity index (χ1n) is 7.31. The molecule has 0 aromatic heterocycles. The van der Waals surface area contributed by atoms with E-state index in [1.165, 1.54) is 11.1 Å². The summed E-state index contributed by atoms with van der Waals surface area (Å²) in [6.45, 7) is 2.38. The highest BCUT2D eigenvalue weighted by atomic mass is 16.7. The van der Waals surface area contributed by atoms with E-state index in [-0.39, 0.29) is 11.5 Å². The number of rotatable bonds is 0. The molecule has 1 unspecified atom stereocenters. The number of ether oxygens (including phenoxy) is 2. The third-order valence-electron chi connectivity index (χ3n) is 5.40. The average Bonchev–Trinajstić information content (AvgIpc) is 3.00. The fourth-order valence-electron chi connectivity index (χ4n) is 4.48.